The molecule has 8 nitrogen and oxygen atoms in total. The number of fused-ring (bicyclic) bond motifs is 1. The lowest BCUT2D eigenvalue weighted by Crippen LogP contribution is -2.14. The highest BCUT2D eigenvalue weighted by atomic mass is 32.2. The van der Waals surface area contributed by atoms with Crippen molar-refractivity contribution < 1.29 is 14.3 Å². The highest BCUT2D eigenvalue weighted by Gasteiger charge is 2.19. The number of para-hydroxylation sites is 3. The number of hydrogen-bond acceptors (Lipinski definition) is 7. The third-order valence-electron chi connectivity index (χ3n) is 4.79. The maximum atomic E-state index is 12.9. The van der Waals surface area contributed by atoms with E-state index in [4.69, 9.17) is 4.74 Å². The largest absolute Gasteiger partial charge is 0.461 e. The third kappa shape index (κ3) is 4.63. The molecule has 0 saturated carbocycles. The van der Waals surface area contributed by atoms with Gasteiger partial charge in [-0.25, -0.2) is 14.8 Å². The molecule has 33 heavy (non-hydrogen) atoms. The maximum absolute atomic E-state index is 12.9. The Morgan fingerprint density at radius 1 is 1.09 bits per heavy atom. The molecule has 0 fully saturated rings. The van der Waals surface area contributed by atoms with Crippen LogP contribution in [0, 0.1) is 0 Å². The van der Waals surface area contributed by atoms with Crippen molar-refractivity contribution in [3.8, 4) is 11.3 Å². The van der Waals surface area contributed by atoms with E-state index in [-0.39, 0.29) is 23.9 Å². The highest BCUT2D eigenvalue weighted by molar-refractivity contribution is 7.98. The average molecular weight is 460 g/mol. The normalized spacial score (nSPS) is 10.7. The Labute approximate surface area is 194 Å². The lowest BCUT2D eigenvalue weighted by atomic mass is 10.1. The van der Waals surface area contributed by atoms with E-state index in [0.29, 0.717) is 33.1 Å². The Hall–Kier alpha value is -3.98. The molecule has 0 aliphatic rings. The molecule has 0 atom stereocenters. The summed E-state index contributed by atoms with van der Waals surface area (Å²) in [7, 11) is 0. The predicted octanol–water partition coefficient (Wildman–Crippen LogP) is 4.50. The molecule has 166 valence electrons. The number of anilines is 1. The number of hydrogen-bond donors (Lipinski definition) is 1. The Balaban J connectivity index is 1.65. The molecule has 0 aliphatic heterocycles. The summed E-state index contributed by atoms with van der Waals surface area (Å²) < 4.78 is 6.65. The van der Waals surface area contributed by atoms with Gasteiger partial charge in [0.05, 0.1) is 35.2 Å². The number of esters is 1. The molecular weight excluding hydrogens is 438 g/mol. The van der Waals surface area contributed by atoms with Gasteiger partial charge in [0.25, 0.3) is 5.91 Å². The van der Waals surface area contributed by atoms with Crippen LogP contribution in [0.4, 0.5) is 5.69 Å². The van der Waals surface area contributed by atoms with E-state index in [2.05, 4.69) is 26.8 Å². The monoisotopic (exact) mass is 459 g/mol. The van der Waals surface area contributed by atoms with Gasteiger partial charge in [0.2, 0.25) is 0 Å². The first-order valence-electron chi connectivity index (χ1n) is 10.1. The van der Waals surface area contributed by atoms with Gasteiger partial charge < -0.3 is 10.1 Å². The highest BCUT2D eigenvalue weighted by Crippen LogP contribution is 2.31. The Kier molecular flexibility index (Phi) is 6.50. The Morgan fingerprint density at radius 2 is 1.82 bits per heavy atom. The van der Waals surface area contributed by atoms with Gasteiger partial charge in [-0.05, 0) is 31.4 Å². The standard InChI is InChI=1S/C24H21N5O3S/c1-4-32-23(31)15(2)29-14-21(28-24(29)33-3)16-9-5-6-10-17(16)27-22(30)20-13-25-18-11-7-8-12-19(18)26-20/h5-14H,2,4H2,1,3H3,(H,27,30). The summed E-state index contributed by atoms with van der Waals surface area (Å²) in [6.07, 6.45) is 5.00. The number of rotatable bonds is 7. The van der Waals surface area contributed by atoms with E-state index in [1.165, 1.54) is 18.0 Å². The van der Waals surface area contributed by atoms with E-state index >= 15 is 0 Å². The zero-order valence-electron chi connectivity index (χ0n) is 18.1. The third-order valence-corrected chi connectivity index (χ3v) is 5.44. The summed E-state index contributed by atoms with van der Waals surface area (Å²) in [6, 6.07) is 14.6. The molecule has 4 rings (SSSR count). The fourth-order valence-corrected chi connectivity index (χ4v) is 3.76. The number of amides is 1. The summed E-state index contributed by atoms with van der Waals surface area (Å²) in [5.74, 6) is -0.908. The van der Waals surface area contributed by atoms with Crippen LogP contribution in [-0.2, 0) is 9.53 Å². The first-order valence-corrected chi connectivity index (χ1v) is 11.4. The second kappa shape index (κ2) is 9.66. The number of imidazole rings is 1. The molecule has 1 N–H and O–H groups in total. The van der Waals surface area contributed by atoms with E-state index in [9.17, 15) is 9.59 Å². The topological polar surface area (TPSA) is 99.0 Å². The molecule has 0 spiro atoms. The van der Waals surface area contributed by atoms with Crippen LogP contribution >= 0.6 is 11.8 Å². The lowest BCUT2D eigenvalue weighted by molar-refractivity contribution is -0.136. The fraction of sp³-hybridized carbons (Fsp3) is 0.125. The fourth-order valence-electron chi connectivity index (χ4n) is 3.21. The van der Waals surface area contributed by atoms with Gasteiger partial charge in [0.1, 0.15) is 11.4 Å². The summed E-state index contributed by atoms with van der Waals surface area (Å²) in [5, 5.41) is 3.47. The molecule has 1 amide bonds. The average Bonchev–Trinajstić information content (AvgIpc) is 3.28. The van der Waals surface area contributed by atoms with Crippen LogP contribution < -0.4 is 5.32 Å². The Morgan fingerprint density at radius 3 is 2.58 bits per heavy atom. The van der Waals surface area contributed by atoms with E-state index in [0.717, 1.165) is 0 Å². The van der Waals surface area contributed by atoms with Crippen molar-refractivity contribution in [1.29, 1.82) is 0 Å². The number of ether oxygens (including phenoxy) is 1. The number of thioether (sulfide) groups is 1. The first kappa shape index (κ1) is 22.2. The first-order chi connectivity index (χ1) is 16.0. The summed E-state index contributed by atoms with van der Waals surface area (Å²) in [6.45, 7) is 5.83. The second-order valence-corrected chi connectivity index (χ2v) is 7.67. The SMILES string of the molecule is C=C(C(=O)OCC)n1cc(-c2ccccc2NC(=O)c2cnc3ccccc3n2)nc1SC. The minimum Gasteiger partial charge on any atom is -0.461 e. The second-order valence-electron chi connectivity index (χ2n) is 6.89. The summed E-state index contributed by atoms with van der Waals surface area (Å²) in [4.78, 5) is 38.4. The molecule has 2 aromatic heterocycles. The van der Waals surface area contributed by atoms with Crippen LogP contribution in [0.25, 0.3) is 28.0 Å². The van der Waals surface area contributed by atoms with Crippen molar-refractivity contribution >= 4 is 46.1 Å². The van der Waals surface area contributed by atoms with Gasteiger partial charge in [0, 0.05) is 11.8 Å². The van der Waals surface area contributed by atoms with Crippen LogP contribution in [-0.4, -0.2) is 44.3 Å². The van der Waals surface area contributed by atoms with Gasteiger partial charge in [-0.3, -0.25) is 14.3 Å². The molecule has 0 bridgehead atoms. The van der Waals surface area contributed by atoms with Gasteiger partial charge in [-0.2, -0.15) is 0 Å². The number of aromatic nitrogens is 4. The zero-order valence-corrected chi connectivity index (χ0v) is 18.9. The molecule has 2 heterocycles. The van der Waals surface area contributed by atoms with E-state index in [1.807, 2.05) is 42.7 Å². The quantitative estimate of drug-likeness (QED) is 0.247. The van der Waals surface area contributed by atoms with E-state index in [1.54, 1.807) is 29.8 Å². The minimum absolute atomic E-state index is 0.160. The van der Waals surface area contributed by atoms with Gasteiger partial charge >= 0.3 is 5.97 Å². The predicted molar refractivity (Wildman–Crippen MR) is 129 cm³/mol. The summed E-state index contributed by atoms with van der Waals surface area (Å²) in [5.41, 5.74) is 3.53. The number of nitrogens with one attached hydrogen (secondary N) is 1. The van der Waals surface area contributed by atoms with Gasteiger partial charge in [0.15, 0.2) is 5.16 Å². The van der Waals surface area contributed by atoms with Crippen LogP contribution in [0.5, 0.6) is 0 Å². The zero-order chi connectivity index (χ0) is 23.4. The van der Waals surface area contributed by atoms with Crippen molar-refractivity contribution in [1.82, 2.24) is 19.5 Å². The number of carbonyl (C=O) groups excluding carboxylic acids is 2. The molecule has 4 aromatic rings. The number of nitrogens with zero attached hydrogens (tertiary/aromatic N) is 4. The lowest BCUT2D eigenvalue weighted by Gasteiger charge is -2.09. The number of benzene rings is 2. The smallest absolute Gasteiger partial charge is 0.354 e. The van der Waals surface area contributed by atoms with Crippen molar-refractivity contribution in [2.45, 2.75) is 12.1 Å². The molecule has 9 heteroatoms. The van der Waals surface area contributed by atoms with Crippen LogP contribution in [0.2, 0.25) is 0 Å². The van der Waals surface area contributed by atoms with Crippen molar-refractivity contribution in [2.24, 2.45) is 0 Å². The van der Waals surface area contributed by atoms with Gasteiger partial charge in [-0.1, -0.05) is 48.7 Å². The van der Waals surface area contributed by atoms with Crippen molar-refractivity contribution in [2.75, 3.05) is 18.2 Å². The summed E-state index contributed by atoms with van der Waals surface area (Å²) >= 11 is 1.37. The maximum Gasteiger partial charge on any atom is 0.354 e. The molecule has 0 aliphatic carbocycles. The molecule has 0 saturated heterocycles. The minimum atomic E-state index is -0.520. The molecule has 0 unspecified atom stereocenters. The van der Waals surface area contributed by atoms with Crippen LogP contribution in [0.3, 0.4) is 0 Å². The van der Waals surface area contributed by atoms with Crippen molar-refractivity contribution in [3.05, 3.63) is 73.2 Å². The molecular formula is C24H21N5O3S. The molecule has 2 aromatic carbocycles. The Bertz CT molecular complexity index is 1370. The number of carbonyl (C=O) groups is 2. The van der Waals surface area contributed by atoms with Crippen LogP contribution in [0.1, 0.15) is 17.4 Å². The van der Waals surface area contributed by atoms with Crippen LogP contribution in [0.15, 0.2) is 72.7 Å². The van der Waals surface area contributed by atoms with Gasteiger partial charge in [-0.15, -0.1) is 0 Å². The van der Waals surface area contributed by atoms with Crippen molar-refractivity contribution in [3.63, 3.8) is 0 Å². The molecule has 0 radical (unpaired) electrons. The van der Waals surface area contributed by atoms with E-state index < -0.39 is 5.97 Å².